The molecule has 0 unspecified atom stereocenters. The number of piperazine rings is 1. The Kier molecular flexibility index (Phi) is 3.57. The Balaban J connectivity index is 1.55. The van der Waals surface area contributed by atoms with E-state index in [1.165, 1.54) is 4.88 Å². The van der Waals surface area contributed by atoms with Crippen molar-refractivity contribution in [1.29, 1.82) is 0 Å². The SMILES string of the molecule is c1ccc(N2CCN(Cc3cccs3)CC2)nc1. The molecule has 0 aromatic carbocycles. The molecule has 0 N–H and O–H groups in total. The number of aromatic nitrogens is 1. The van der Waals surface area contributed by atoms with Crippen molar-refractivity contribution in [1.82, 2.24) is 9.88 Å². The first-order chi connectivity index (χ1) is 8.92. The third kappa shape index (κ3) is 2.71. The molecule has 3 heterocycles. The summed E-state index contributed by atoms with van der Waals surface area (Å²) in [7, 11) is 0. The predicted molar refractivity (Wildman–Crippen MR) is 76.0 cm³/mol. The van der Waals surface area contributed by atoms with Gasteiger partial charge in [-0.2, -0.15) is 0 Å². The van der Waals surface area contributed by atoms with Gasteiger partial charge in [-0.15, -0.1) is 11.3 Å². The number of hydrogen-bond acceptors (Lipinski definition) is 4. The minimum Gasteiger partial charge on any atom is -0.354 e. The summed E-state index contributed by atoms with van der Waals surface area (Å²) in [6.45, 7) is 5.47. The van der Waals surface area contributed by atoms with Gasteiger partial charge in [0.25, 0.3) is 0 Å². The van der Waals surface area contributed by atoms with Gasteiger partial charge in [-0.25, -0.2) is 4.98 Å². The maximum Gasteiger partial charge on any atom is 0.128 e. The molecule has 0 spiro atoms. The van der Waals surface area contributed by atoms with Crippen LogP contribution in [-0.4, -0.2) is 36.1 Å². The standard InChI is InChI=1S/C14H17N3S/c1-2-6-15-14(5-1)17-9-7-16(8-10-17)12-13-4-3-11-18-13/h1-6,11H,7-10,12H2. The van der Waals surface area contributed by atoms with E-state index in [0.29, 0.717) is 0 Å². The van der Waals surface area contributed by atoms with E-state index in [2.05, 4.69) is 44.4 Å². The first-order valence-electron chi connectivity index (χ1n) is 6.32. The van der Waals surface area contributed by atoms with E-state index in [1.54, 1.807) is 0 Å². The molecule has 0 amide bonds. The largest absolute Gasteiger partial charge is 0.354 e. The van der Waals surface area contributed by atoms with Crippen molar-refractivity contribution in [2.75, 3.05) is 31.1 Å². The number of nitrogens with zero attached hydrogens (tertiary/aromatic N) is 3. The first-order valence-corrected chi connectivity index (χ1v) is 7.20. The fourth-order valence-electron chi connectivity index (χ4n) is 2.30. The first kappa shape index (κ1) is 11.7. The van der Waals surface area contributed by atoms with Gasteiger partial charge in [-0.1, -0.05) is 12.1 Å². The highest BCUT2D eigenvalue weighted by atomic mass is 32.1. The average Bonchev–Trinajstić information content (AvgIpc) is 2.94. The van der Waals surface area contributed by atoms with Crippen LogP contribution in [0, 0.1) is 0 Å². The molecule has 94 valence electrons. The monoisotopic (exact) mass is 259 g/mol. The zero-order valence-corrected chi connectivity index (χ0v) is 11.1. The Bertz CT molecular complexity index is 461. The summed E-state index contributed by atoms with van der Waals surface area (Å²) in [5.41, 5.74) is 0. The van der Waals surface area contributed by atoms with E-state index >= 15 is 0 Å². The Morgan fingerprint density at radius 1 is 1.06 bits per heavy atom. The van der Waals surface area contributed by atoms with Gasteiger partial charge in [0.2, 0.25) is 0 Å². The topological polar surface area (TPSA) is 19.4 Å². The van der Waals surface area contributed by atoms with Gasteiger partial charge >= 0.3 is 0 Å². The second kappa shape index (κ2) is 5.50. The molecule has 0 bridgehead atoms. The summed E-state index contributed by atoms with van der Waals surface area (Å²) in [6.07, 6.45) is 1.87. The second-order valence-corrected chi connectivity index (χ2v) is 5.56. The summed E-state index contributed by atoms with van der Waals surface area (Å²) in [5.74, 6) is 1.10. The van der Waals surface area contributed by atoms with Crippen molar-refractivity contribution in [3.63, 3.8) is 0 Å². The summed E-state index contributed by atoms with van der Waals surface area (Å²) >= 11 is 1.85. The molecule has 0 saturated carbocycles. The van der Waals surface area contributed by atoms with Crippen molar-refractivity contribution < 1.29 is 0 Å². The molecule has 0 aliphatic carbocycles. The van der Waals surface area contributed by atoms with Gasteiger partial charge in [0.05, 0.1) is 0 Å². The molecule has 3 nitrogen and oxygen atoms in total. The molecule has 2 aromatic rings. The van der Waals surface area contributed by atoms with Crippen LogP contribution in [0.15, 0.2) is 41.9 Å². The van der Waals surface area contributed by atoms with Crippen LogP contribution in [0.3, 0.4) is 0 Å². The van der Waals surface area contributed by atoms with Crippen molar-refractivity contribution in [3.8, 4) is 0 Å². The Labute approximate surface area is 112 Å². The van der Waals surface area contributed by atoms with Crippen LogP contribution >= 0.6 is 11.3 Å². The fourth-order valence-corrected chi connectivity index (χ4v) is 3.04. The highest BCUT2D eigenvalue weighted by Crippen LogP contribution is 2.16. The van der Waals surface area contributed by atoms with Crippen LogP contribution in [0.2, 0.25) is 0 Å². The zero-order valence-electron chi connectivity index (χ0n) is 10.3. The molecule has 18 heavy (non-hydrogen) atoms. The van der Waals surface area contributed by atoms with E-state index < -0.39 is 0 Å². The third-order valence-corrected chi connectivity index (χ3v) is 4.17. The number of thiophene rings is 1. The Morgan fingerprint density at radius 3 is 2.61 bits per heavy atom. The minimum atomic E-state index is 1.07. The van der Waals surface area contributed by atoms with Crippen molar-refractivity contribution in [3.05, 3.63) is 46.8 Å². The van der Waals surface area contributed by atoms with Crippen LogP contribution in [0.4, 0.5) is 5.82 Å². The van der Waals surface area contributed by atoms with Crippen LogP contribution in [-0.2, 0) is 6.54 Å². The van der Waals surface area contributed by atoms with Crippen LogP contribution < -0.4 is 4.90 Å². The molecule has 1 fully saturated rings. The molecular formula is C14H17N3S. The number of anilines is 1. The number of rotatable bonds is 3. The van der Waals surface area contributed by atoms with Crippen molar-refractivity contribution in [2.24, 2.45) is 0 Å². The normalized spacial score (nSPS) is 17.0. The van der Waals surface area contributed by atoms with E-state index in [9.17, 15) is 0 Å². The molecule has 1 aliphatic rings. The highest BCUT2D eigenvalue weighted by molar-refractivity contribution is 7.09. The smallest absolute Gasteiger partial charge is 0.128 e. The Hall–Kier alpha value is -1.39. The molecule has 1 saturated heterocycles. The van der Waals surface area contributed by atoms with E-state index in [4.69, 9.17) is 0 Å². The average molecular weight is 259 g/mol. The summed E-state index contributed by atoms with van der Waals surface area (Å²) in [4.78, 5) is 10.8. The van der Waals surface area contributed by atoms with Crippen LogP contribution in [0.5, 0.6) is 0 Å². The molecular weight excluding hydrogens is 242 g/mol. The fraction of sp³-hybridized carbons (Fsp3) is 0.357. The van der Waals surface area contributed by atoms with Crippen LogP contribution in [0.1, 0.15) is 4.88 Å². The number of hydrogen-bond donors (Lipinski definition) is 0. The highest BCUT2D eigenvalue weighted by Gasteiger charge is 2.17. The summed E-state index contributed by atoms with van der Waals surface area (Å²) in [5, 5.41) is 2.15. The van der Waals surface area contributed by atoms with E-state index in [-0.39, 0.29) is 0 Å². The van der Waals surface area contributed by atoms with Gasteiger partial charge in [-0.05, 0) is 23.6 Å². The summed E-state index contributed by atoms with van der Waals surface area (Å²) < 4.78 is 0. The van der Waals surface area contributed by atoms with Gasteiger partial charge in [0.15, 0.2) is 0 Å². The van der Waals surface area contributed by atoms with Crippen LogP contribution in [0.25, 0.3) is 0 Å². The summed E-state index contributed by atoms with van der Waals surface area (Å²) in [6, 6.07) is 10.5. The van der Waals surface area contributed by atoms with E-state index in [0.717, 1.165) is 38.5 Å². The Morgan fingerprint density at radius 2 is 1.94 bits per heavy atom. The van der Waals surface area contributed by atoms with Gasteiger partial charge in [-0.3, -0.25) is 4.90 Å². The molecule has 1 aliphatic heterocycles. The van der Waals surface area contributed by atoms with Crippen molar-refractivity contribution in [2.45, 2.75) is 6.54 Å². The molecule has 0 radical (unpaired) electrons. The van der Waals surface area contributed by atoms with Gasteiger partial charge in [0, 0.05) is 43.8 Å². The third-order valence-electron chi connectivity index (χ3n) is 3.31. The van der Waals surface area contributed by atoms with Gasteiger partial charge in [0.1, 0.15) is 5.82 Å². The van der Waals surface area contributed by atoms with Gasteiger partial charge < -0.3 is 4.90 Å². The molecule has 0 atom stereocenters. The second-order valence-electron chi connectivity index (χ2n) is 4.53. The lowest BCUT2D eigenvalue weighted by molar-refractivity contribution is 0.251. The maximum absolute atomic E-state index is 4.41. The number of pyridine rings is 1. The zero-order chi connectivity index (χ0) is 12.2. The quantitative estimate of drug-likeness (QED) is 0.844. The molecule has 4 heteroatoms. The lowest BCUT2D eigenvalue weighted by Crippen LogP contribution is -2.46. The van der Waals surface area contributed by atoms with E-state index in [1.807, 2.05) is 23.6 Å². The molecule has 3 rings (SSSR count). The lowest BCUT2D eigenvalue weighted by atomic mass is 10.3. The molecule has 2 aromatic heterocycles. The van der Waals surface area contributed by atoms with Crippen molar-refractivity contribution >= 4 is 17.2 Å². The minimum absolute atomic E-state index is 1.07. The predicted octanol–water partition coefficient (Wildman–Crippen LogP) is 2.47. The maximum atomic E-state index is 4.41. The lowest BCUT2D eigenvalue weighted by Gasteiger charge is -2.35.